The number of nitro groups is 1. The Kier molecular flexibility index (Phi) is 5.14. The number of carbonyl (C=O) groups excluding carboxylic acids is 1. The van der Waals surface area contributed by atoms with E-state index in [1.165, 1.54) is 25.3 Å². The number of nitrogens with one attached hydrogen (secondary N) is 1. The van der Waals surface area contributed by atoms with Crippen molar-refractivity contribution in [1.29, 1.82) is 0 Å². The zero-order valence-electron chi connectivity index (χ0n) is 12.7. The van der Waals surface area contributed by atoms with Gasteiger partial charge in [0.2, 0.25) is 5.91 Å². The van der Waals surface area contributed by atoms with Crippen molar-refractivity contribution >= 4 is 17.3 Å². The number of non-ortho nitro benzene ring substituents is 1. The molecule has 2 rings (SSSR count). The number of hydrogen-bond donors (Lipinski definition) is 1. The summed E-state index contributed by atoms with van der Waals surface area (Å²) in [6, 6.07) is 11.1. The van der Waals surface area contributed by atoms with E-state index in [9.17, 15) is 14.9 Å². The first-order valence-electron chi connectivity index (χ1n) is 6.78. The van der Waals surface area contributed by atoms with Crippen LogP contribution in [0.25, 0.3) is 0 Å². The van der Waals surface area contributed by atoms with Crippen LogP contribution in [-0.4, -0.2) is 25.1 Å². The first-order chi connectivity index (χ1) is 11.0. The molecule has 0 aliphatic rings. The van der Waals surface area contributed by atoms with E-state index in [2.05, 4.69) is 5.32 Å². The fourth-order valence-electron chi connectivity index (χ4n) is 2.03. The lowest BCUT2D eigenvalue weighted by atomic mass is 10.1. The molecule has 120 valence electrons. The molecule has 0 aromatic heterocycles. The van der Waals surface area contributed by atoms with Gasteiger partial charge in [-0.05, 0) is 23.8 Å². The molecule has 0 radical (unpaired) electrons. The normalized spacial score (nSPS) is 10.0. The van der Waals surface area contributed by atoms with Crippen LogP contribution < -0.4 is 14.8 Å². The molecule has 0 spiro atoms. The van der Waals surface area contributed by atoms with Gasteiger partial charge in [0, 0.05) is 12.1 Å². The number of carbonyl (C=O) groups is 1. The summed E-state index contributed by atoms with van der Waals surface area (Å²) in [4.78, 5) is 22.4. The fraction of sp³-hybridized carbons (Fsp3) is 0.188. The summed E-state index contributed by atoms with van der Waals surface area (Å²) in [6.45, 7) is 0. The van der Waals surface area contributed by atoms with Crippen LogP contribution in [0, 0.1) is 10.1 Å². The average Bonchev–Trinajstić information content (AvgIpc) is 2.55. The van der Waals surface area contributed by atoms with Gasteiger partial charge in [0.1, 0.15) is 11.5 Å². The Morgan fingerprint density at radius 1 is 1.13 bits per heavy atom. The third-order valence-corrected chi connectivity index (χ3v) is 3.19. The topological polar surface area (TPSA) is 90.7 Å². The van der Waals surface area contributed by atoms with E-state index < -0.39 is 4.92 Å². The fourth-order valence-corrected chi connectivity index (χ4v) is 2.03. The number of amides is 1. The van der Waals surface area contributed by atoms with Crippen LogP contribution in [0.3, 0.4) is 0 Å². The minimum absolute atomic E-state index is 0.120. The third kappa shape index (κ3) is 4.19. The van der Waals surface area contributed by atoms with E-state index in [-0.39, 0.29) is 23.7 Å². The second-order valence-corrected chi connectivity index (χ2v) is 4.71. The molecule has 23 heavy (non-hydrogen) atoms. The predicted octanol–water partition coefficient (Wildman–Crippen LogP) is 2.79. The highest BCUT2D eigenvalue weighted by molar-refractivity contribution is 5.94. The molecular formula is C16H16N2O5. The lowest BCUT2D eigenvalue weighted by Gasteiger charge is -2.10. The Labute approximate surface area is 133 Å². The molecule has 0 aliphatic heterocycles. The molecule has 0 heterocycles. The molecule has 0 saturated heterocycles. The zero-order valence-corrected chi connectivity index (χ0v) is 12.7. The van der Waals surface area contributed by atoms with Gasteiger partial charge in [-0.15, -0.1) is 0 Å². The highest BCUT2D eigenvalue weighted by Gasteiger charge is 2.14. The minimum Gasteiger partial charge on any atom is -0.497 e. The number of nitro benzene ring substituents is 1. The highest BCUT2D eigenvalue weighted by Crippen LogP contribution is 2.29. The third-order valence-electron chi connectivity index (χ3n) is 3.19. The molecule has 0 atom stereocenters. The smallest absolute Gasteiger partial charge is 0.271 e. The maximum absolute atomic E-state index is 12.1. The monoisotopic (exact) mass is 316 g/mol. The van der Waals surface area contributed by atoms with E-state index in [1.807, 2.05) is 0 Å². The van der Waals surface area contributed by atoms with Gasteiger partial charge < -0.3 is 14.8 Å². The van der Waals surface area contributed by atoms with Gasteiger partial charge in [-0.25, -0.2) is 0 Å². The van der Waals surface area contributed by atoms with Crippen molar-refractivity contribution in [1.82, 2.24) is 0 Å². The van der Waals surface area contributed by atoms with Gasteiger partial charge in [0.25, 0.3) is 5.69 Å². The zero-order chi connectivity index (χ0) is 16.8. The van der Waals surface area contributed by atoms with Gasteiger partial charge in [0.15, 0.2) is 0 Å². The molecule has 1 amide bonds. The molecule has 7 nitrogen and oxygen atoms in total. The molecule has 7 heteroatoms. The van der Waals surface area contributed by atoms with Gasteiger partial charge in [-0.1, -0.05) is 12.1 Å². The van der Waals surface area contributed by atoms with Crippen LogP contribution in [0.15, 0.2) is 42.5 Å². The Morgan fingerprint density at radius 2 is 1.83 bits per heavy atom. The van der Waals surface area contributed by atoms with Crippen LogP contribution in [0.1, 0.15) is 5.56 Å². The summed E-state index contributed by atoms with van der Waals surface area (Å²) >= 11 is 0. The van der Waals surface area contributed by atoms with Gasteiger partial charge in [-0.2, -0.15) is 0 Å². The standard InChI is InChI=1S/C16H16N2O5/c1-22-13-6-3-11(4-7-13)9-16(19)17-14-10-12(18(20)21)5-8-15(14)23-2/h3-8,10H,9H2,1-2H3,(H,17,19). The van der Waals surface area contributed by atoms with E-state index in [4.69, 9.17) is 9.47 Å². The number of anilines is 1. The van der Waals surface area contributed by atoms with E-state index in [1.54, 1.807) is 31.4 Å². The minimum atomic E-state index is -0.529. The van der Waals surface area contributed by atoms with E-state index >= 15 is 0 Å². The summed E-state index contributed by atoms with van der Waals surface area (Å²) < 4.78 is 10.2. The van der Waals surface area contributed by atoms with Gasteiger partial charge in [-0.3, -0.25) is 14.9 Å². The van der Waals surface area contributed by atoms with Crippen LogP contribution >= 0.6 is 0 Å². The Morgan fingerprint density at radius 3 is 2.39 bits per heavy atom. The van der Waals surface area contributed by atoms with Crippen LogP contribution in [0.2, 0.25) is 0 Å². The Hall–Kier alpha value is -3.09. The largest absolute Gasteiger partial charge is 0.497 e. The first-order valence-corrected chi connectivity index (χ1v) is 6.78. The van der Waals surface area contributed by atoms with Crippen molar-refractivity contribution < 1.29 is 19.2 Å². The summed E-state index contributed by atoms with van der Waals surface area (Å²) in [5.41, 5.74) is 0.943. The second-order valence-electron chi connectivity index (χ2n) is 4.71. The van der Waals surface area contributed by atoms with Crippen molar-refractivity contribution in [2.45, 2.75) is 6.42 Å². The SMILES string of the molecule is COc1ccc(CC(=O)Nc2cc([N+](=O)[O-])ccc2OC)cc1. The van der Waals surface area contributed by atoms with Crippen LogP contribution in [0.5, 0.6) is 11.5 Å². The maximum Gasteiger partial charge on any atom is 0.271 e. The summed E-state index contributed by atoms with van der Waals surface area (Å²) in [5.74, 6) is 0.766. The molecule has 0 aliphatic carbocycles. The van der Waals surface area contributed by atoms with Crippen molar-refractivity contribution in [2.24, 2.45) is 0 Å². The summed E-state index contributed by atoms with van der Waals surface area (Å²) in [7, 11) is 3.00. The number of hydrogen-bond acceptors (Lipinski definition) is 5. The average molecular weight is 316 g/mol. The van der Waals surface area contributed by atoms with E-state index in [0.717, 1.165) is 5.56 Å². The van der Waals surface area contributed by atoms with Crippen molar-refractivity contribution in [2.75, 3.05) is 19.5 Å². The molecule has 2 aromatic rings. The summed E-state index contributed by atoms with van der Waals surface area (Å²) in [5, 5.41) is 13.5. The molecule has 0 saturated carbocycles. The number of methoxy groups -OCH3 is 2. The lowest BCUT2D eigenvalue weighted by Crippen LogP contribution is -2.15. The number of ether oxygens (including phenoxy) is 2. The molecule has 0 fully saturated rings. The Bertz CT molecular complexity index is 713. The second kappa shape index (κ2) is 7.26. The van der Waals surface area contributed by atoms with Crippen LogP contribution in [0.4, 0.5) is 11.4 Å². The first kappa shape index (κ1) is 16.3. The number of benzene rings is 2. The number of nitrogens with zero attached hydrogens (tertiary/aromatic N) is 1. The van der Waals surface area contributed by atoms with Crippen molar-refractivity contribution in [3.05, 3.63) is 58.1 Å². The molecule has 0 bridgehead atoms. The molecular weight excluding hydrogens is 300 g/mol. The van der Waals surface area contributed by atoms with E-state index in [0.29, 0.717) is 11.5 Å². The molecule has 1 N–H and O–H groups in total. The summed E-state index contributed by atoms with van der Waals surface area (Å²) in [6.07, 6.45) is 0.135. The number of rotatable bonds is 6. The Balaban J connectivity index is 2.12. The predicted molar refractivity (Wildman–Crippen MR) is 85.0 cm³/mol. The molecule has 0 unspecified atom stereocenters. The van der Waals surface area contributed by atoms with Crippen molar-refractivity contribution in [3.63, 3.8) is 0 Å². The van der Waals surface area contributed by atoms with Crippen molar-refractivity contribution in [3.8, 4) is 11.5 Å². The van der Waals surface area contributed by atoms with Crippen LogP contribution in [-0.2, 0) is 11.2 Å². The quantitative estimate of drug-likeness (QED) is 0.653. The van der Waals surface area contributed by atoms with Gasteiger partial charge >= 0.3 is 0 Å². The lowest BCUT2D eigenvalue weighted by molar-refractivity contribution is -0.384. The maximum atomic E-state index is 12.1. The molecule has 2 aromatic carbocycles. The van der Waals surface area contributed by atoms with Gasteiger partial charge in [0.05, 0.1) is 31.3 Å². The highest BCUT2D eigenvalue weighted by atomic mass is 16.6.